The number of halogens is 1. The maximum atomic E-state index is 9.70. The monoisotopic (exact) mass is 218 g/mol. The average Bonchev–Trinajstić information content (AvgIpc) is 2.45. The summed E-state index contributed by atoms with van der Waals surface area (Å²) in [6.45, 7) is 5.38. The van der Waals surface area contributed by atoms with Crippen molar-refractivity contribution in [2.24, 2.45) is 0 Å². The van der Waals surface area contributed by atoms with Crippen molar-refractivity contribution in [3.63, 3.8) is 0 Å². The van der Waals surface area contributed by atoms with Gasteiger partial charge in [0.25, 0.3) is 0 Å². The van der Waals surface area contributed by atoms with E-state index in [4.69, 9.17) is 11.6 Å². The predicted molar refractivity (Wildman–Crippen MR) is 54.3 cm³/mol. The molecule has 5 heteroatoms. The second-order valence-corrected chi connectivity index (χ2v) is 4.01. The van der Waals surface area contributed by atoms with Crippen LogP contribution in [0, 0.1) is 0 Å². The van der Waals surface area contributed by atoms with Gasteiger partial charge in [-0.2, -0.15) is 5.10 Å². The van der Waals surface area contributed by atoms with Crippen LogP contribution >= 0.6 is 11.6 Å². The average molecular weight is 219 g/mol. The third kappa shape index (κ3) is 2.08. The molecule has 14 heavy (non-hydrogen) atoms. The van der Waals surface area contributed by atoms with Crippen LogP contribution in [0.3, 0.4) is 0 Å². The molecule has 0 saturated heterocycles. The van der Waals surface area contributed by atoms with Gasteiger partial charge in [0.1, 0.15) is 6.10 Å². The maximum absolute atomic E-state index is 9.70. The van der Waals surface area contributed by atoms with Crippen molar-refractivity contribution < 1.29 is 10.2 Å². The van der Waals surface area contributed by atoms with Crippen molar-refractivity contribution in [2.45, 2.75) is 39.0 Å². The zero-order valence-electron chi connectivity index (χ0n) is 8.48. The Morgan fingerprint density at radius 3 is 2.36 bits per heavy atom. The number of hydrogen-bond acceptors (Lipinski definition) is 3. The molecule has 2 atom stereocenters. The Hall–Kier alpha value is -0.580. The van der Waals surface area contributed by atoms with E-state index in [9.17, 15) is 10.2 Å². The highest BCUT2D eigenvalue weighted by atomic mass is 35.5. The van der Waals surface area contributed by atoms with Gasteiger partial charge in [-0.3, -0.25) is 4.68 Å². The minimum absolute atomic E-state index is 0.103. The Morgan fingerprint density at radius 1 is 1.36 bits per heavy atom. The highest BCUT2D eigenvalue weighted by molar-refractivity contribution is 6.31. The number of rotatable bonds is 3. The topological polar surface area (TPSA) is 58.3 Å². The largest absolute Gasteiger partial charge is 0.390 e. The van der Waals surface area contributed by atoms with Gasteiger partial charge < -0.3 is 10.2 Å². The van der Waals surface area contributed by atoms with Gasteiger partial charge in [-0.25, -0.2) is 0 Å². The van der Waals surface area contributed by atoms with Crippen LogP contribution in [0.5, 0.6) is 0 Å². The van der Waals surface area contributed by atoms with Crippen LogP contribution in [0.2, 0.25) is 5.02 Å². The van der Waals surface area contributed by atoms with Crippen LogP contribution in [0.1, 0.15) is 38.6 Å². The van der Waals surface area contributed by atoms with E-state index in [1.54, 1.807) is 4.68 Å². The number of hydrogen-bond donors (Lipinski definition) is 2. The van der Waals surface area contributed by atoms with E-state index in [1.165, 1.54) is 13.1 Å². The first-order valence-electron chi connectivity index (χ1n) is 4.54. The molecule has 1 rings (SSSR count). The third-order valence-electron chi connectivity index (χ3n) is 2.01. The highest BCUT2D eigenvalue weighted by Crippen LogP contribution is 2.27. The molecule has 0 amide bonds. The van der Waals surface area contributed by atoms with Crippen LogP contribution in [0.15, 0.2) is 6.20 Å². The molecule has 0 saturated carbocycles. The van der Waals surface area contributed by atoms with Crippen molar-refractivity contribution in [1.29, 1.82) is 0 Å². The number of aromatic nitrogens is 2. The molecule has 4 nitrogen and oxygen atoms in total. The molecule has 2 N–H and O–H groups in total. The van der Waals surface area contributed by atoms with E-state index in [0.717, 1.165) is 0 Å². The molecule has 0 aliphatic heterocycles. The normalized spacial score (nSPS) is 15.9. The Kier molecular flexibility index (Phi) is 3.53. The maximum Gasteiger partial charge on any atom is 0.123 e. The van der Waals surface area contributed by atoms with Crippen LogP contribution in [0.25, 0.3) is 0 Å². The summed E-state index contributed by atoms with van der Waals surface area (Å²) < 4.78 is 1.61. The summed E-state index contributed by atoms with van der Waals surface area (Å²) in [4.78, 5) is 0. The summed E-state index contributed by atoms with van der Waals surface area (Å²) in [5.74, 6) is 0. The quantitative estimate of drug-likeness (QED) is 0.809. The van der Waals surface area contributed by atoms with Gasteiger partial charge in [-0.15, -0.1) is 0 Å². The summed E-state index contributed by atoms with van der Waals surface area (Å²) in [6.07, 6.45) is -0.378. The fraction of sp³-hybridized carbons (Fsp3) is 0.667. The van der Waals surface area contributed by atoms with Crippen LogP contribution in [-0.4, -0.2) is 26.1 Å². The molecule has 0 radical (unpaired) electrons. The smallest absolute Gasteiger partial charge is 0.123 e. The van der Waals surface area contributed by atoms with Gasteiger partial charge in [0, 0.05) is 6.04 Å². The van der Waals surface area contributed by atoms with Gasteiger partial charge in [-0.1, -0.05) is 11.6 Å². The molecule has 0 aliphatic carbocycles. The van der Waals surface area contributed by atoms with Gasteiger partial charge >= 0.3 is 0 Å². The lowest BCUT2D eigenvalue weighted by Gasteiger charge is -2.18. The van der Waals surface area contributed by atoms with Crippen LogP contribution in [0.4, 0.5) is 0 Å². The molecule has 1 aromatic heterocycles. The van der Waals surface area contributed by atoms with E-state index in [1.807, 2.05) is 13.8 Å². The first kappa shape index (κ1) is 11.5. The highest BCUT2D eigenvalue weighted by Gasteiger charge is 2.23. The summed E-state index contributed by atoms with van der Waals surface area (Å²) >= 11 is 5.87. The van der Waals surface area contributed by atoms with E-state index in [-0.39, 0.29) is 6.04 Å². The van der Waals surface area contributed by atoms with Crippen LogP contribution < -0.4 is 0 Å². The molecule has 80 valence electrons. The van der Waals surface area contributed by atoms with Gasteiger partial charge in [0.15, 0.2) is 0 Å². The SMILES string of the molecule is CC(O)C(O)c1c(Cl)cnn1C(C)C. The second kappa shape index (κ2) is 4.29. The molecule has 0 fully saturated rings. The first-order valence-corrected chi connectivity index (χ1v) is 4.92. The summed E-state index contributed by atoms with van der Waals surface area (Å²) in [5.41, 5.74) is 0.469. The van der Waals surface area contributed by atoms with E-state index in [2.05, 4.69) is 5.10 Å². The molecule has 0 aromatic carbocycles. The van der Waals surface area contributed by atoms with Crippen molar-refractivity contribution in [2.75, 3.05) is 0 Å². The Labute approximate surface area is 88.1 Å². The fourth-order valence-electron chi connectivity index (χ4n) is 1.27. The van der Waals surface area contributed by atoms with Gasteiger partial charge in [0.2, 0.25) is 0 Å². The molecule has 2 unspecified atom stereocenters. The first-order chi connectivity index (χ1) is 6.45. The minimum atomic E-state index is -0.993. The van der Waals surface area contributed by atoms with E-state index in [0.29, 0.717) is 10.7 Å². The summed E-state index contributed by atoms with van der Waals surface area (Å²) in [7, 11) is 0. The third-order valence-corrected chi connectivity index (χ3v) is 2.30. The molecule has 0 aliphatic rings. The molecule has 0 bridgehead atoms. The molecule has 0 spiro atoms. The van der Waals surface area contributed by atoms with Crippen molar-refractivity contribution >= 4 is 11.6 Å². The lowest BCUT2D eigenvalue weighted by molar-refractivity contribution is 0.0242. The molecular formula is C9H15ClN2O2. The lowest BCUT2D eigenvalue weighted by atomic mass is 10.1. The standard InChI is InChI=1S/C9H15ClN2O2/c1-5(2)12-8(7(10)4-11-12)9(14)6(3)13/h4-6,9,13-14H,1-3H3. The lowest BCUT2D eigenvalue weighted by Crippen LogP contribution is -2.19. The Bertz CT molecular complexity index is 310. The fourth-order valence-corrected chi connectivity index (χ4v) is 1.51. The van der Waals surface area contributed by atoms with E-state index < -0.39 is 12.2 Å². The number of aliphatic hydroxyl groups is 2. The molecular weight excluding hydrogens is 204 g/mol. The van der Waals surface area contributed by atoms with Gasteiger partial charge in [-0.05, 0) is 20.8 Å². The Morgan fingerprint density at radius 2 is 1.93 bits per heavy atom. The number of nitrogens with zero attached hydrogens (tertiary/aromatic N) is 2. The van der Waals surface area contributed by atoms with Crippen LogP contribution in [-0.2, 0) is 0 Å². The van der Waals surface area contributed by atoms with Crippen molar-refractivity contribution in [1.82, 2.24) is 9.78 Å². The Balaban J connectivity index is 3.10. The van der Waals surface area contributed by atoms with Gasteiger partial charge in [0.05, 0.1) is 23.0 Å². The van der Waals surface area contributed by atoms with Crippen molar-refractivity contribution in [3.05, 3.63) is 16.9 Å². The number of aliphatic hydroxyl groups excluding tert-OH is 2. The van der Waals surface area contributed by atoms with E-state index >= 15 is 0 Å². The second-order valence-electron chi connectivity index (χ2n) is 3.60. The molecule has 1 aromatic rings. The minimum Gasteiger partial charge on any atom is -0.390 e. The zero-order chi connectivity index (χ0) is 10.9. The predicted octanol–water partition coefficient (Wildman–Crippen LogP) is 1.53. The molecule has 1 heterocycles. The zero-order valence-corrected chi connectivity index (χ0v) is 9.23. The van der Waals surface area contributed by atoms with Crippen molar-refractivity contribution in [3.8, 4) is 0 Å². The summed E-state index contributed by atoms with van der Waals surface area (Å²) in [6, 6.07) is 0.103. The summed E-state index contributed by atoms with van der Waals surface area (Å²) in [5, 5.41) is 23.4.